The number of allylic oxidation sites excluding steroid dienone is 4. The molecule has 0 radical (unpaired) electrons. The Morgan fingerprint density at radius 1 is 0.812 bits per heavy atom. The van der Waals surface area contributed by atoms with Gasteiger partial charge in [-0.05, 0) is 67.6 Å². The highest BCUT2D eigenvalue weighted by molar-refractivity contribution is 4.98. The number of epoxide rings is 1. The third kappa shape index (κ3) is 8.97. The summed E-state index contributed by atoms with van der Waals surface area (Å²) in [6, 6.07) is 0. The van der Waals surface area contributed by atoms with Crippen molar-refractivity contribution in [3.63, 3.8) is 0 Å². The minimum absolute atomic E-state index is 0.230. The van der Waals surface area contributed by atoms with E-state index in [1.807, 2.05) is 0 Å². The first-order chi connectivity index (χ1) is 15.6. The maximum absolute atomic E-state index is 5.78. The number of rotatable bonds is 14. The Hall–Kier alpha value is -1.20. The molecule has 3 fully saturated rings. The highest BCUT2D eigenvalue weighted by Crippen LogP contribution is 2.38. The lowest BCUT2D eigenvalue weighted by Gasteiger charge is -2.18. The molecule has 0 bridgehead atoms. The van der Waals surface area contributed by atoms with Crippen molar-refractivity contribution in [2.75, 3.05) is 40.1 Å². The second-order valence-electron chi connectivity index (χ2n) is 9.55. The van der Waals surface area contributed by atoms with Gasteiger partial charge in [-0.1, -0.05) is 31.2 Å². The van der Waals surface area contributed by atoms with E-state index in [0.717, 1.165) is 32.8 Å². The van der Waals surface area contributed by atoms with E-state index in [0.29, 0.717) is 48.2 Å². The Morgan fingerprint density at radius 2 is 1.34 bits per heavy atom. The van der Waals surface area contributed by atoms with Crippen LogP contribution in [0.5, 0.6) is 0 Å². The van der Waals surface area contributed by atoms with E-state index in [2.05, 4.69) is 57.5 Å². The Morgan fingerprint density at radius 3 is 1.75 bits per heavy atom. The molecule has 32 heavy (non-hydrogen) atoms. The zero-order valence-corrected chi connectivity index (χ0v) is 20.5. The van der Waals surface area contributed by atoms with Gasteiger partial charge in [-0.2, -0.15) is 0 Å². The van der Waals surface area contributed by atoms with Crippen LogP contribution in [-0.4, -0.2) is 52.4 Å². The van der Waals surface area contributed by atoms with Gasteiger partial charge < -0.3 is 18.9 Å². The first-order valence-corrected chi connectivity index (χ1v) is 12.4. The second kappa shape index (κ2) is 14.8. The van der Waals surface area contributed by atoms with Crippen LogP contribution in [0.25, 0.3) is 0 Å². The predicted octanol–water partition coefficient (Wildman–Crippen LogP) is 5.86. The van der Waals surface area contributed by atoms with Crippen LogP contribution in [0.2, 0.25) is 0 Å². The van der Waals surface area contributed by atoms with E-state index in [1.165, 1.54) is 25.7 Å². The maximum atomic E-state index is 5.78. The predicted molar refractivity (Wildman–Crippen MR) is 133 cm³/mol. The van der Waals surface area contributed by atoms with Gasteiger partial charge in [0, 0.05) is 7.11 Å². The van der Waals surface area contributed by atoms with Crippen LogP contribution < -0.4 is 0 Å². The molecule has 0 N–H and O–H groups in total. The molecule has 8 atom stereocenters. The first kappa shape index (κ1) is 27.0. The summed E-state index contributed by atoms with van der Waals surface area (Å²) < 4.78 is 21.8. The number of ether oxygens (including phenoxy) is 4. The van der Waals surface area contributed by atoms with E-state index >= 15 is 0 Å². The normalized spacial score (nSPS) is 34.2. The van der Waals surface area contributed by atoms with Crippen LogP contribution in [0, 0.1) is 35.5 Å². The van der Waals surface area contributed by atoms with Crippen molar-refractivity contribution in [2.45, 2.75) is 51.2 Å². The first-order valence-electron chi connectivity index (χ1n) is 12.4. The molecule has 3 rings (SSSR count). The fraction of sp³-hybridized carbons (Fsp3) is 0.714. The number of hydrogen-bond donors (Lipinski definition) is 0. The fourth-order valence-electron chi connectivity index (χ4n) is 4.97. The van der Waals surface area contributed by atoms with Gasteiger partial charge in [0.2, 0.25) is 0 Å². The van der Waals surface area contributed by atoms with Gasteiger partial charge in [0.25, 0.3) is 0 Å². The molecule has 4 nitrogen and oxygen atoms in total. The van der Waals surface area contributed by atoms with Crippen molar-refractivity contribution in [1.82, 2.24) is 0 Å². The van der Waals surface area contributed by atoms with Gasteiger partial charge in [0.05, 0.1) is 39.1 Å². The van der Waals surface area contributed by atoms with E-state index in [1.54, 1.807) is 7.11 Å². The molecule has 0 aromatic rings. The number of hydrogen-bond acceptors (Lipinski definition) is 4. The van der Waals surface area contributed by atoms with E-state index in [4.69, 9.17) is 18.9 Å². The molecule has 0 aromatic heterocycles. The molecule has 0 aromatic carbocycles. The molecule has 1 heterocycles. The summed E-state index contributed by atoms with van der Waals surface area (Å²) in [6.07, 6.45) is 14.7. The monoisotopic (exact) mass is 446 g/mol. The van der Waals surface area contributed by atoms with Crippen LogP contribution in [0.1, 0.15) is 39.0 Å². The molecular formula is C28H46O4. The summed E-state index contributed by atoms with van der Waals surface area (Å²) in [6.45, 7) is 21.7. The van der Waals surface area contributed by atoms with Crippen LogP contribution in [0.15, 0.2) is 50.6 Å². The van der Waals surface area contributed by atoms with Gasteiger partial charge in [0.15, 0.2) is 0 Å². The maximum Gasteiger partial charge on any atom is 0.104 e. The van der Waals surface area contributed by atoms with Crippen LogP contribution >= 0.6 is 0 Å². The van der Waals surface area contributed by atoms with Gasteiger partial charge in [0.1, 0.15) is 6.10 Å². The lowest BCUT2D eigenvalue weighted by atomic mass is 9.97. The fourth-order valence-corrected chi connectivity index (χ4v) is 4.97. The summed E-state index contributed by atoms with van der Waals surface area (Å²) in [5.74, 6) is 3.71. The van der Waals surface area contributed by atoms with E-state index < -0.39 is 0 Å². The smallest absolute Gasteiger partial charge is 0.104 e. The average Bonchev–Trinajstić information content (AvgIpc) is 3.42. The Bertz CT molecular complexity index is 566. The molecular weight excluding hydrogens is 400 g/mol. The lowest BCUT2D eigenvalue weighted by molar-refractivity contribution is -0.00642. The summed E-state index contributed by atoms with van der Waals surface area (Å²) in [4.78, 5) is 0. The molecule has 182 valence electrons. The molecule has 1 aliphatic heterocycles. The lowest BCUT2D eigenvalue weighted by Crippen LogP contribution is -2.21. The van der Waals surface area contributed by atoms with Crippen LogP contribution in [0.4, 0.5) is 0 Å². The van der Waals surface area contributed by atoms with Gasteiger partial charge in [-0.15, -0.1) is 26.3 Å². The van der Waals surface area contributed by atoms with Crippen molar-refractivity contribution in [1.29, 1.82) is 0 Å². The van der Waals surface area contributed by atoms with Gasteiger partial charge in [-0.3, -0.25) is 0 Å². The van der Waals surface area contributed by atoms with Crippen molar-refractivity contribution in [3.05, 3.63) is 50.6 Å². The molecule has 8 unspecified atom stereocenters. The van der Waals surface area contributed by atoms with Crippen molar-refractivity contribution in [2.24, 2.45) is 35.5 Å². The zero-order chi connectivity index (χ0) is 23.3. The summed E-state index contributed by atoms with van der Waals surface area (Å²) in [5, 5.41) is 0. The summed E-state index contributed by atoms with van der Waals surface area (Å²) in [5.41, 5.74) is 0. The highest BCUT2D eigenvalue weighted by atomic mass is 16.6. The van der Waals surface area contributed by atoms with Crippen LogP contribution in [0.3, 0.4) is 0 Å². The van der Waals surface area contributed by atoms with E-state index in [-0.39, 0.29) is 6.10 Å². The van der Waals surface area contributed by atoms with Gasteiger partial charge in [-0.25, -0.2) is 0 Å². The Labute approximate surface area is 196 Å². The van der Waals surface area contributed by atoms with Crippen molar-refractivity contribution >= 4 is 0 Å². The quantitative estimate of drug-likeness (QED) is 0.248. The molecule has 0 spiro atoms. The average molecular weight is 447 g/mol. The third-order valence-corrected chi connectivity index (χ3v) is 7.31. The molecule has 2 saturated carbocycles. The molecule has 4 heteroatoms. The SMILES string of the molecule is C=CC1CC(C=C)C(COCC(CC)OC)C1.C=CC1CC(C=C)C(COCC2CO2)C1. The highest BCUT2D eigenvalue weighted by Gasteiger charge is 2.32. The topological polar surface area (TPSA) is 40.2 Å². The number of methoxy groups -OCH3 is 1. The summed E-state index contributed by atoms with van der Waals surface area (Å²) in [7, 11) is 1.74. The zero-order valence-electron chi connectivity index (χ0n) is 20.5. The standard InChI is InChI=1S/C15H26O2.C13H20O2/c1-5-12-8-13(6-2)14(9-12)10-17-11-15(7-3)16-4;1-3-10-5-11(4-2)12(6-10)7-14-8-13-9-15-13/h5-6,12-15H,1-2,7-11H2,3-4H3;3-4,10-13H,1-2,5-9H2. The molecule has 2 aliphatic carbocycles. The second-order valence-corrected chi connectivity index (χ2v) is 9.55. The van der Waals surface area contributed by atoms with Crippen molar-refractivity contribution in [3.8, 4) is 0 Å². The summed E-state index contributed by atoms with van der Waals surface area (Å²) >= 11 is 0. The minimum Gasteiger partial charge on any atom is -0.379 e. The molecule has 0 amide bonds. The Kier molecular flexibility index (Phi) is 12.6. The van der Waals surface area contributed by atoms with Crippen LogP contribution in [-0.2, 0) is 18.9 Å². The largest absolute Gasteiger partial charge is 0.379 e. The molecule has 1 saturated heterocycles. The molecule has 3 aliphatic rings. The van der Waals surface area contributed by atoms with Crippen molar-refractivity contribution < 1.29 is 18.9 Å². The minimum atomic E-state index is 0.230. The Balaban J connectivity index is 0.000000228. The third-order valence-electron chi connectivity index (χ3n) is 7.31. The van der Waals surface area contributed by atoms with Gasteiger partial charge >= 0.3 is 0 Å². The van der Waals surface area contributed by atoms with E-state index in [9.17, 15) is 0 Å².